The summed E-state index contributed by atoms with van der Waals surface area (Å²) >= 11 is 1.68. The fourth-order valence-corrected chi connectivity index (χ4v) is 3.68. The Labute approximate surface area is 145 Å². The smallest absolute Gasteiger partial charge is 0.129 e. The van der Waals surface area contributed by atoms with Crippen LogP contribution < -0.4 is 10.2 Å². The average molecular weight is 345 g/mol. The molecule has 0 amide bonds. The minimum absolute atomic E-state index is 0.0737. The molecule has 0 aromatic carbocycles. The maximum Gasteiger partial charge on any atom is 0.129 e. The molecule has 0 aliphatic rings. The number of aromatic nitrogens is 3. The van der Waals surface area contributed by atoms with Crippen molar-refractivity contribution in [1.82, 2.24) is 15.2 Å². The van der Waals surface area contributed by atoms with E-state index >= 15 is 0 Å². The van der Waals surface area contributed by atoms with E-state index in [-0.39, 0.29) is 12.1 Å². The fourth-order valence-electron chi connectivity index (χ4n) is 2.53. The van der Waals surface area contributed by atoms with Gasteiger partial charge in [0.15, 0.2) is 0 Å². The maximum absolute atomic E-state index is 9.30. The molecule has 0 aliphatic heterocycles. The number of likely N-dealkylation sites (N-methyl/N-ethyl adjacent to an activating group) is 1. The third-order valence-electron chi connectivity index (χ3n) is 3.58. The standard InChI is InChI=1S/C17H23N5OS/c1-17(2,3)20-15-10-13(22(4)7-8-23)16-12(19-15)9-14(24-16)11-5-6-18-21-11/h5-6,9-10,23H,7-8H2,1-4H3,(H,18,21)(H,19,20). The molecule has 0 atom stereocenters. The van der Waals surface area contributed by atoms with Crippen LogP contribution in [0.3, 0.4) is 0 Å². The van der Waals surface area contributed by atoms with E-state index in [4.69, 9.17) is 4.98 Å². The number of pyridine rings is 1. The summed E-state index contributed by atoms with van der Waals surface area (Å²) in [7, 11) is 1.99. The molecule has 3 aromatic heterocycles. The number of fused-ring (bicyclic) bond motifs is 1. The zero-order valence-electron chi connectivity index (χ0n) is 14.4. The lowest BCUT2D eigenvalue weighted by Crippen LogP contribution is -2.27. The van der Waals surface area contributed by atoms with E-state index < -0.39 is 0 Å². The van der Waals surface area contributed by atoms with Crippen molar-refractivity contribution < 1.29 is 5.11 Å². The van der Waals surface area contributed by atoms with Gasteiger partial charge < -0.3 is 15.3 Å². The zero-order chi connectivity index (χ0) is 17.3. The number of hydrogen-bond acceptors (Lipinski definition) is 6. The molecular formula is C17H23N5OS. The molecule has 0 saturated carbocycles. The molecule has 0 aliphatic carbocycles. The van der Waals surface area contributed by atoms with Crippen LogP contribution in [0.1, 0.15) is 20.8 Å². The highest BCUT2D eigenvalue weighted by atomic mass is 32.1. The van der Waals surface area contributed by atoms with Crippen LogP contribution >= 0.6 is 11.3 Å². The molecule has 0 bridgehead atoms. The highest BCUT2D eigenvalue weighted by Crippen LogP contribution is 2.38. The summed E-state index contributed by atoms with van der Waals surface area (Å²) in [6, 6.07) is 6.09. The number of thiophene rings is 1. The van der Waals surface area contributed by atoms with Gasteiger partial charge in [-0.15, -0.1) is 11.3 Å². The van der Waals surface area contributed by atoms with E-state index in [1.165, 1.54) is 0 Å². The topological polar surface area (TPSA) is 77.1 Å². The maximum atomic E-state index is 9.30. The SMILES string of the molecule is CN(CCO)c1cc(NC(C)(C)C)nc2cc(-c3ccn[nH]3)sc12. The predicted molar refractivity (Wildman–Crippen MR) is 101 cm³/mol. The average Bonchev–Trinajstić information content (AvgIpc) is 3.13. The zero-order valence-corrected chi connectivity index (χ0v) is 15.2. The second-order valence-electron chi connectivity index (χ2n) is 6.84. The number of nitrogens with one attached hydrogen (secondary N) is 2. The molecule has 0 spiro atoms. The van der Waals surface area contributed by atoms with Crippen molar-refractivity contribution in [3.63, 3.8) is 0 Å². The van der Waals surface area contributed by atoms with Crippen LogP contribution in [0.5, 0.6) is 0 Å². The molecule has 3 rings (SSSR count). The first-order chi connectivity index (χ1) is 11.4. The van der Waals surface area contributed by atoms with Gasteiger partial charge in [0.25, 0.3) is 0 Å². The Hall–Kier alpha value is -2.12. The van der Waals surface area contributed by atoms with E-state index in [0.29, 0.717) is 6.54 Å². The second kappa shape index (κ2) is 6.41. The quantitative estimate of drug-likeness (QED) is 0.661. The van der Waals surface area contributed by atoms with Gasteiger partial charge in [-0.25, -0.2) is 4.98 Å². The molecule has 3 aromatic rings. The van der Waals surface area contributed by atoms with Crippen LogP contribution in [0, 0.1) is 0 Å². The van der Waals surface area contributed by atoms with Crippen LogP contribution in [0.15, 0.2) is 24.4 Å². The number of aliphatic hydroxyl groups excluding tert-OH is 1. The van der Waals surface area contributed by atoms with E-state index in [1.54, 1.807) is 17.5 Å². The van der Waals surface area contributed by atoms with E-state index in [9.17, 15) is 5.11 Å². The number of nitrogens with zero attached hydrogens (tertiary/aromatic N) is 3. The third-order valence-corrected chi connectivity index (χ3v) is 4.76. The summed E-state index contributed by atoms with van der Waals surface area (Å²) in [6.07, 6.45) is 1.75. The molecule has 128 valence electrons. The number of aromatic amines is 1. The van der Waals surface area contributed by atoms with Gasteiger partial charge in [-0.2, -0.15) is 5.10 Å². The lowest BCUT2D eigenvalue weighted by molar-refractivity contribution is 0.304. The van der Waals surface area contributed by atoms with Crippen LogP contribution in [-0.2, 0) is 0 Å². The van der Waals surface area contributed by atoms with Crippen molar-refractivity contribution in [2.45, 2.75) is 26.3 Å². The molecule has 7 heteroatoms. The van der Waals surface area contributed by atoms with E-state index in [2.05, 4.69) is 53.3 Å². The Kier molecular flexibility index (Phi) is 4.47. The summed E-state index contributed by atoms with van der Waals surface area (Å²) in [5.41, 5.74) is 2.92. The van der Waals surface area contributed by atoms with Gasteiger partial charge in [-0.05, 0) is 32.9 Å². The molecule has 0 unspecified atom stereocenters. The van der Waals surface area contributed by atoms with Crippen LogP contribution in [-0.4, -0.2) is 46.0 Å². The minimum atomic E-state index is -0.0737. The molecule has 3 N–H and O–H groups in total. The van der Waals surface area contributed by atoms with Crippen molar-refractivity contribution in [2.75, 3.05) is 30.4 Å². The Morgan fingerprint density at radius 1 is 1.33 bits per heavy atom. The Morgan fingerprint density at radius 2 is 2.12 bits per heavy atom. The lowest BCUT2D eigenvalue weighted by Gasteiger charge is -2.24. The van der Waals surface area contributed by atoms with Gasteiger partial charge >= 0.3 is 0 Å². The van der Waals surface area contributed by atoms with E-state index in [0.717, 1.165) is 32.3 Å². The van der Waals surface area contributed by atoms with Crippen molar-refractivity contribution in [3.8, 4) is 10.6 Å². The fraction of sp³-hybridized carbons (Fsp3) is 0.412. The van der Waals surface area contributed by atoms with Crippen LogP contribution in [0.25, 0.3) is 20.8 Å². The number of aliphatic hydroxyl groups is 1. The predicted octanol–water partition coefficient (Wildman–Crippen LogP) is 3.33. The minimum Gasteiger partial charge on any atom is -0.395 e. The van der Waals surface area contributed by atoms with Gasteiger partial charge in [0.2, 0.25) is 0 Å². The Balaban J connectivity index is 2.12. The van der Waals surface area contributed by atoms with E-state index in [1.807, 2.05) is 13.1 Å². The Bertz CT molecular complexity index is 819. The first-order valence-electron chi connectivity index (χ1n) is 7.92. The summed E-state index contributed by atoms with van der Waals surface area (Å²) in [4.78, 5) is 7.93. The molecule has 0 fully saturated rings. The van der Waals surface area contributed by atoms with Crippen LogP contribution in [0.2, 0.25) is 0 Å². The third kappa shape index (κ3) is 3.52. The molecule has 0 radical (unpaired) electrons. The number of hydrogen-bond donors (Lipinski definition) is 3. The molecule has 6 nitrogen and oxygen atoms in total. The monoisotopic (exact) mass is 345 g/mol. The summed E-state index contributed by atoms with van der Waals surface area (Å²) in [5.74, 6) is 0.837. The van der Waals surface area contributed by atoms with Crippen LogP contribution in [0.4, 0.5) is 11.5 Å². The molecule has 3 heterocycles. The van der Waals surface area contributed by atoms with Gasteiger partial charge in [0, 0.05) is 31.4 Å². The van der Waals surface area contributed by atoms with Gasteiger partial charge in [0.1, 0.15) is 5.82 Å². The number of rotatable bonds is 5. The Morgan fingerprint density at radius 3 is 2.75 bits per heavy atom. The first kappa shape index (κ1) is 16.7. The van der Waals surface area contributed by atoms with Crippen molar-refractivity contribution in [2.24, 2.45) is 0 Å². The number of anilines is 2. The molecule has 24 heavy (non-hydrogen) atoms. The normalized spacial score (nSPS) is 11.9. The van der Waals surface area contributed by atoms with Gasteiger partial charge in [-0.1, -0.05) is 0 Å². The molecular weight excluding hydrogens is 322 g/mol. The summed E-state index contributed by atoms with van der Waals surface area (Å²) in [6.45, 7) is 7.02. The lowest BCUT2D eigenvalue weighted by atomic mass is 10.1. The van der Waals surface area contributed by atoms with Crippen molar-refractivity contribution in [3.05, 3.63) is 24.4 Å². The van der Waals surface area contributed by atoms with Gasteiger partial charge in [-0.3, -0.25) is 5.10 Å². The summed E-state index contributed by atoms with van der Waals surface area (Å²) < 4.78 is 1.11. The highest BCUT2D eigenvalue weighted by Gasteiger charge is 2.17. The summed E-state index contributed by atoms with van der Waals surface area (Å²) in [5, 5.41) is 19.8. The highest BCUT2D eigenvalue weighted by molar-refractivity contribution is 7.22. The van der Waals surface area contributed by atoms with Crippen molar-refractivity contribution >= 4 is 33.1 Å². The largest absolute Gasteiger partial charge is 0.395 e. The van der Waals surface area contributed by atoms with Gasteiger partial charge in [0.05, 0.1) is 33.1 Å². The molecule has 0 saturated heterocycles. The number of H-pyrrole nitrogens is 1. The first-order valence-corrected chi connectivity index (χ1v) is 8.73. The second-order valence-corrected chi connectivity index (χ2v) is 7.89. The van der Waals surface area contributed by atoms with Crippen molar-refractivity contribution in [1.29, 1.82) is 0 Å².